The highest BCUT2D eigenvalue weighted by Crippen LogP contribution is 2.21. The number of hydrogen-bond donors (Lipinski definition) is 1. The van der Waals surface area contributed by atoms with Crippen molar-refractivity contribution in [3.05, 3.63) is 89.2 Å². The summed E-state index contributed by atoms with van der Waals surface area (Å²) in [5.74, 6) is -0.572. The van der Waals surface area contributed by atoms with E-state index in [-0.39, 0.29) is 5.78 Å². The molecule has 0 saturated heterocycles. The van der Waals surface area contributed by atoms with Crippen LogP contribution < -0.4 is 4.74 Å². The van der Waals surface area contributed by atoms with Gasteiger partial charge in [-0.3, -0.25) is 4.79 Å². The second-order valence-electron chi connectivity index (χ2n) is 6.98. The molecule has 156 valence electrons. The molecule has 1 N–H and O–H groups in total. The molecule has 0 bridgehead atoms. The van der Waals surface area contributed by atoms with Crippen molar-refractivity contribution in [2.75, 3.05) is 0 Å². The Labute approximate surface area is 183 Å². The predicted molar refractivity (Wildman–Crippen MR) is 121 cm³/mol. The highest BCUT2D eigenvalue weighted by molar-refractivity contribution is 7.16. The number of rotatable bonds is 8. The smallest absolute Gasteiger partial charge is 0.344 e. The van der Waals surface area contributed by atoms with Gasteiger partial charge in [-0.25, -0.2) is 9.78 Å². The van der Waals surface area contributed by atoms with Crippen LogP contribution >= 0.6 is 11.3 Å². The molecule has 0 unspecified atom stereocenters. The Balaban J connectivity index is 1.47. The van der Waals surface area contributed by atoms with Gasteiger partial charge in [0.25, 0.3) is 0 Å². The second-order valence-corrected chi connectivity index (χ2v) is 7.87. The van der Waals surface area contributed by atoms with Gasteiger partial charge in [0, 0.05) is 18.3 Å². The molecule has 0 aliphatic rings. The Morgan fingerprint density at radius 3 is 2.90 bits per heavy atom. The fourth-order valence-electron chi connectivity index (χ4n) is 3.17. The summed E-state index contributed by atoms with van der Waals surface area (Å²) in [6.07, 6.45) is 4.80. The minimum absolute atomic E-state index is 0.0497. The molecule has 2 aromatic carbocycles. The van der Waals surface area contributed by atoms with Crippen LogP contribution in [0, 0.1) is 0 Å². The lowest BCUT2D eigenvalue weighted by Crippen LogP contribution is -2.22. The number of allylic oxidation sites excluding steroid dienone is 1. The number of aliphatic carboxylic acids is 1. The van der Waals surface area contributed by atoms with Gasteiger partial charge in [-0.2, -0.15) is 0 Å². The van der Waals surface area contributed by atoms with E-state index in [9.17, 15) is 9.59 Å². The molecule has 0 aliphatic heterocycles. The predicted octanol–water partition coefficient (Wildman–Crippen LogP) is 4.89. The SMILES string of the molecule is C[C@H](Oc1cccc(C=CCn2cccc2C(=O)c2ccc3scnc3c2)c1)C(=O)O. The Hall–Kier alpha value is -3.71. The lowest BCUT2D eigenvalue weighted by molar-refractivity contribution is -0.144. The van der Waals surface area contributed by atoms with Gasteiger partial charge in [0.05, 0.1) is 21.4 Å². The van der Waals surface area contributed by atoms with Crippen LogP contribution in [0.2, 0.25) is 0 Å². The minimum atomic E-state index is -1.01. The zero-order valence-corrected chi connectivity index (χ0v) is 17.6. The van der Waals surface area contributed by atoms with Gasteiger partial charge in [0.1, 0.15) is 5.75 Å². The van der Waals surface area contributed by atoms with Gasteiger partial charge < -0.3 is 14.4 Å². The molecule has 2 aromatic heterocycles. The van der Waals surface area contributed by atoms with Crippen LogP contribution in [-0.2, 0) is 11.3 Å². The van der Waals surface area contributed by atoms with Crippen LogP contribution in [-0.4, -0.2) is 32.5 Å². The molecule has 6 nitrogen and oxygen atoms in total. The Kier molecular flexibility index (Phi) is 5.95. The number of aromatic nitrogens is 2. The van der Waals surface area contributed by atoms with Crippen molar-refractivity contribution in [1.29, 1.82) is 0 Å². The molecular formula is C24H20N2O4S. The number of fused-ring (bicyclic) bond motifs is 1. The van der Waals surface area contributed by atoms with Crippen molar-refractivity contribution in [2.24, 2.45) is 0 Å². The maximum absolute atomic E-state index is 13.0. The Bertz CT molecular complexity index is 1270. The van der Waals surface area contributed by atoms with E-state index in [1.807, 2.05) is 65.4 Å². The van der Waals surface area contributed by atoms with Crippen molar-refractivity contribution in [3.63, 3.8) is 0 Å². The number of benzene rings is 2. The fraction of sp³-hybridized carbons (Fsp3) is 0.125. The third-order valence-corrected chi connectivity index (χ3v) is 5.60. The van der Waals surface area contributed by atoms with E-state index < -0.39 is 12.1 Å². The molecule has 1 atom stereocenters. The van der Waals surface area contributed by atoms with Gasteiger partial charge in [-0.1, -0.05) is 24.3 Å². The number of hydrogen-bond acceptors (Lipinski definition) is 5. The van der Waals surface area contributed by atoms with Crippen LogP contribution in [0.15, 0.2) is 72.4 Å². The largest absolute Gasteiger partial charge is 0.479 e. The Morgan fingerprint density at radius 2 is 2.06 bits per heavy atom. The Morgan fingerprint density at radius 1 is 1.19 bits per heavy atom. The zero-order chi connectivity index (χ0) is 21.8. The van der Waals surface area contributed by atoms with Gasteiger partial charge >= 0.3 is 5.97 Å². The van der Waals surface area contributed by atoms with Crippen LogP contribution in [0.5, 0.6) is 5.75 Å². The first-order chi connectivity index (χ1) is 15.0. The van der Waals surface area contributed by atoms with E-state index in [0.29, 0.717) is 23.6 Å². The summed E-state index contributed by atoms with van der Waals surface area (Å²) in [7, 11) is 0. The van der Waals surface area contributed by atoms with Gasteiger partial charge in [0.2, 0.25) is 5.78 Å². The summed E-state index contributed by atoms with van der Waals surface area (Å²) in [5.41, 5.74) is 4.69. The van der Waals surface area contributed by atoms with Crippen molar-refractivity contribution < 1.29 is 19.4 Å². The summed E-state index contributed by atoms with van der Waals surface area (Å²) < 4.78 is 8.35. The number of carboxylic acid groups (broad SMARTS) is 1. The minimum Gasteiger partial charge on any atom is -0.479 e. The van der Waals surface area contributed by atoms with Crippen LogP contribution in [0.1, 0.15) is 28.5 Å². The highest BCUT2D eigenvalue weighted by atomic mass is 32.1. The maximum atomic E-state index is 13.0. The normalized spacial score (nSPS) is 12.3. The van der Waals surface area contributed by atoms with Crippen molar-refractivity contribution in [3.8, 4) is 5.75 Å². The van der Waals surface area contributed by atoms with E-state index >= 15 is 0 Å². The maximum Gasteiger partial charge on any atom is 0.344 e. The summed E-state index contributed by atoms with van der Waals surface area (Å²) in [5, 5.41) is 8.98. The first-order valence-electron chi connectivity index (χ1n) is 9.70. The van der Waals surface area contributed by atoms with Crippen LogP contribution in [0.25, 0.3) is 16.3 Å². The fourth-order valence-corrected chi connectivity index (χ4v) is 3.83. The number of nitrogens with zero attached hydrogens (tertiary/aromatic N) is 2. The van der Waals surface area contributed by atoms with Crippen molar-refractivity contribution >= 4 is 39.4 Å². The molecule has 0 radical (unpaired) electrons. The molecule has 7 heteroatoms. The standard InChI is InChI=1S/C24H20N2O4S/c1-16(24(28)29)30-19-7-2-5-17(13-19)6-3-11-26-12-4-8-21(26)23(27)18-9-10-22-20(14-18)25-15-31-22/h2-10,12-16H,11H2,1H3,(H,28,29)/t16-/m0/s1. The van der Waals surface area contributed by atoms with E-state index in [2.05, 4.69) is 4.98 Å². The topological polar surface area (TPSA) is 81.4 Å². The third kappa shape index (κ3) is 4.73. The molecule has 0 fully saturated rings. The molecule has 4 aromatic rings. The molecular weight excluding hydrogens is 412 g/mol. The van der Waals surface area contributed by atoms with Gasteiger partial charge in [0.15, 0.2) is 6.10 Å². The summed E-state index contributed by atoms with van der Waals surface area (Å²) in [4.78, 5) is 28.2. The number of carbonyl (C=O) groups excluding carboxylic acids is 1. The lowest BCUT2D eigenvalue weighted by atomic mass is 10.1. The van der Waals surface area contributed by atoms with Gasteiger partial charge in [-0.05, 0) is 55.0 Å². The van der Waals surface area contributed by atoms with E-state index in [0.717, 1.165) is 15.8 Å². The second kappa shape index (κ2) is 8.97. The van der Waals surface area contributed by atoms with Crippen molar-refractivity contribution in [1.82, 2.24) is 9.55 Å². The quantitative estimate of drug-likeness (QED) is 0.401. The molecule has 4 rings (SSSR count). The van der Waals surface area contributed by atoms with Gasteiger partial charge in [-0.15, -0.1) is 11.3 Å². The number of thiazole rings is 1. The first-order valence-corrected chi connectivity index (χ1v) is 10.6. The summed E-state index contributed by atoms with van der Waals surface area (Å²) in [6, 6.07) is 16.5. The molecule has 31 heavy (non-hydrogen) atoms. The van der Waals surface area contributed by atoms with E-state index in [4.69, 9.17) is 9.84 Å². The average molecular weight is 433 g/mol. The van der Waals surface area contributed by atoms with E-state index in [1.165, 1.54) is 6.92 Å². The third-order valence-electron chi connectivity index (χ3n) is 4.79. The zero-order valence-electron chi connectivity index (χ0n) is 16.8. The lowest BCUT2D eigenvalue weighted by Gasteiger charge is -2.10. The number of carboxylic acids is 1. The number of ketones is 1. The van der Waals surface area contributed by atoms with Crippen LogP contribution in [0.3, 0.4) is 0 Å². The molecule has 0 aliphatic carbocycles. The summed E-state index contributed by atoms with van der Waals surface area (Å²) >= 11 is 1.55. The molecule has 0 amide bonds. The monoisotopic (exact) mass is 432 g/mol. The first kappa shape index (κ1) is 20.6. The van der Waals surface area contributed by atoms with E-state index in [1.54, 1.807) is 29.0 Å². The molecule has 2 heterocycles. The molecule has 0 saturated carbocycles. The number of ether oxygens (including phenoxy) is 1. The summed E-state index contributed by atoms with van der Waals surface area (Å²) in [6.45, 7) is 2.01. The number of carbonyl (C=O) groups is 2. The molecule has 0 spiro atoms. The van der Waals surface area contributed by atoms with Crippen molar-refractivity contribution in [2.45, 2.75) is 19.6 Å². The average Bonchev–Trinajstić information content (AvgIpc) is 3.42. The highest BCUT2D eigenvalue weighted by Gasteiger charge is 2.14. The van der Waals surface area contributed by atoms with Crippen LogP contribution in [0.4, 0.5) is 0 Å².